The van der Waals surface area contributed by atoms with E-state index in [1.54, 1.807) is 12.1 Å². The monoisotopic (exact) mass is 483 g/mol. The van der Waals surface area contributed by atoms with Crippen LogP contribution in [0.5, 0.6) is 0 Å². The molecule has 0 radical (unpaired) electrons. The van der Waals surface area contributed by atoms with Gasteiger partial charge in [0.2, 0.25) is 0 Å². The number of sulfonamides is 1. The van der Waals surface area contributed by atoms with Gasteiger partial charge in [-0.15, -0.1) is 0 Å². The van der Waals surface area contributed by atoms with Gasteiger partial charge < -0.3 is 10.0 Å². The highest BCUT2D eigenvalue weighted by molar-refractivity contribution is 9.10. The second kappa shape index (κ2) is 9.58. The summed E-state index contributed by atoms with van der Waals surface area (Å²) in [6, 6.07) is 7.52. The van der Waals surface area contributed by atoms with Crippen LogP contribution in [-0.2, 0) is 10.0 Å². The quantitative estimate of drug-likeness (QED) is 0.545. The van der Waals surface area contributed by atoms with E-state index < -0.39 is 16.0 Å². The van der Waals surface area contributed by atoms with Gasteiger partial charge in [0, 0.05) is 23.8 Å². The number of anilines is 2. The van der Waals surface area contributed by atoms with E-state index in [9.17, 15) is 18.3 Å². The third-order valence-electron chi connectivity index (χ3n) is 3.95. The Bertz CT molecular complexity index is 950. The first kappa shape index (κ1) is 23.2. The highest BCUT2D eigenvalue weighted by atomic mass is 79.9. The van der Waals surface area contributed by atoms with Crippen LogP contribution in [0.3, 0.4) is 0 Å². The minimum Gasteiger partial charge on any atom is -0.478 e. The van der Waals surface area contributed by atoms with E-state index in [1.807, 2.05) is 4.90 Å². The summed E-state index contributed by atoms with van der Waals surface area (Å²) in [5.74, 6) is -0.137. The van der Waals surface area contributed by atoms with Crippen molar-refractivity contribution in [3.8, 4) is 0 Å². The summed E-state index contributed by atoms with van der Waals surface area (Å²) in [5.41, 5.74) is 0.0606. The van der Waals surface area contributed by atoms with Crippen LogP contribution in [0.25, 0.3) is 0 Å². The van der Waals surface area contributed by atoms with Gasteiger partial charge in [0.05, 0.1) is 16.1 Å². The maximum Gasteiger partial charge on any atom is 0.337 e. The average Bonchev–Trinajstić information content (AvgIpc) is 2.60. The fourth-order valence-electron chi connectivity index (χ4n) is 2.85. The number of nitrogens with one attached hydrogen (secondary N) is 1. The zero-order chi connectivity index (χ0) is 21.8. The number of nitrogens with zero attached hydrogens (tertiary/aromatic N) is 2. The van der Waals surface area contributed by atoms with Gasteiger partial charge in [-0.3, -0.25) is 4.72 Å². The lowest BCUT2D eigenvalue weighted by molar-refractivity contribution is 0.0696. The largest absolute Gasteiger partial charge is 0.478 e. The van der Waals surface area contributed by atoms with Crippen molar-refractivity contribution in [2.75, 3.05) is 22.7 Å². The van der Waals surface area contributed by atoms with Gasteiger partial charge in [-0.05, 0) is 42.2 Å². The van der Waals surface area contributed by atoms with Crippen LogP contribution < -0.4 is 9.62 Å². The Hall–Kier alpha value is -2.13. The fourth-order valence-corrected chi connectivity index (χ4v) is 4.16. The molecular formula is C20H26BrN3O4S. The molecule has 0 aliphatic heterocycles. The van der Waals surface area contributed by atoms with Crippen molar-refractivity contribution in [2.45, 2.75) is 32.6 Å². The summed E-state index contributed by atoms with van der Waals surface area (Å²) in [6.45, 7) is 9.56. The highest BCUT2D eigenvalue weighted by Gasteiger charge is 2.22. The summed E-state index contributed by atoms with van der Waals surface area (Å²) >= 11 is 3.28. The van der Waals surface area contributed by atoms with E-state index in [4.69, 9.17) is 0 Å². The summed E-state index contributed by atoms with van der Waals surface area (Å²) < 4.78 is 29.1. The van der Waals surface area contributed by atoms with E-state index in [1.165, 1.54) is 24.4 Å². The lowest BCUT2D eigenvalue weighted by Crippen LogP contribution is -2.33. The lowest BCUT2D eigenvalue weighted by Gasteiger charge is -2.29. The van der Waals surface area contributed by atoms with Crippen LogP contribution in [0.4, 0.5) is 11.5 Å². The normalized spacial score (nSPS) is 11.7. The number of carbonyl (C=O) groups is 1. The molecule has 0 saturated heterocycles. The molecule has 158 valence electrons. The number of rotatable bonds is 9. The van der Waals surface area contributed by atoms with Crippen molar-refractivity contribution in [2.24, 2.45) is 11.8 Å². The van der Waals surface area contributed by atoms with Crippen LogP contribution in [0.15, 0.2) is 45.9 Å². The number of halogens is 1. The maximum absolute atomic E-state index is 12.9. The number of carboxylic acid groups (broad SMARTS) is 1. The first-order chi connectivity index (χ1) is 13.5. The van der Waals surface area contributed by atoms with E-state index >= 15 is 0 Å². The molecule has 1 heterocycles. The first-order valence-corrected chi connectivity index (χ1v) is 11.5. The number of hydrogen-bond donors (Lipinski definition) is 2. The molecule has 2 aromatic rings. The van der Waals surface area contributed by atoms with Crippen LogP contribution in [0.2, 0.25) is 0 Å². The first-order valence-electron chi connectivity index (χ1n) is 9.26. The molecule has 29 heavy (non-hydrogen) atoms. The molecule has 0 bridgehead atoms. The van der Waals surface area contributed by atoms with E-state index in [0.29, 0.717) is 30.7 Å². The lowest BCUT2D eigenvalue weighted by atomic mass is 10.1. The number of carboxylic acids is 1. The Morgan fingerprint density at radius 3 is 2.17 bits per heavy atom. The minimum absolute atomic E-state index is 0.0756. The summed E-state index contributed by atoms with van der Waals surface area (Å²) in [6.07, 6.45) is 1.25. The van der Waals surface area contributed by atoms with Crippen molar-refractivity contribution in [3.05, 3.63) is 46.6 Å². The molecule has 0 amide bonds. The standard InChI is InChI=1S/C20H26BrN3O4S/c1-13(2)11-24(12-14(3)4)19-18(9-15(10-22-19)20(25)26)23-29(27,28)17-7-5-16(21)6-8-17/h5-10,13-14,23H,11-12H2,1-4H3,(H,25,26). The molecule has 0 spiro atoms. The maximum atomic E-state index is 12.9. The van der Waals surface area contributed by atoms with Crippen molar-refractivity contribution in [1.82, 2.24) is 4.98 Å². The van der Waals surface area contributed by atoms with Gasteiger partial charge in [0.1, 0.15) is 0 Å². The van der Waals surface area contributed by atoms with Crippen LogP contribution in [0.1, 0.15) is 38.1 Å². The van der Waals surface area contributed by atoms with Crippen LogP contribution >= 0.6 is 15.9 Å². The van der Waals surface area contributed by atoms with Crippen molar-refractivity contribution >= 4 is 43.4 Å². The molecule has 0 aliphatic rings. The number of aromatic carboxylic acids is 1. The topological polar surface area (TPSA) is 99.6 Å². The predicted molar refractivity (Wildman–Crippen MR) is 118 cm³/mol. The minimum atomic E-state index is -3.92. The molecule has 9 heteroatoms. The van der Waals surface area contributed by atoms with Gasteiger partial charge in [-0.25, -0.2) is 18.2 Å². The Balaban J connectivity index is 2.53. The molecule has 0 fully saturated rings. The van der Waals surface area contributed by atoms with E-state index in [-0.39, 0.29) is 16.1 Å². The zero-order valence-corrected chi connectivity index (χ0v) is 19.3. The smallest absolute Gasteiger partial charge is 0.337 e. The molecule has 1 aromatic heterocycles. The van der Waals surface area contributed by atoms with Crippen molar-refractivity contribution in [3.63, 3.8) is 0 Å². The SMILES string of the molecule is CC(C)CN(CC(C)C)c1ncc(C(=O)O)cc1NS(=O)(=O)c1ccc(Br)cc1. The molecule has 0 atom stereocenters. The molecular weight excluding hydrogens is 458 g/mol. The molecule has 0 saturated carbocycles. The number of pyridine rings is 1. The van der Waals surface area contributed by atoms with E-state index in [0.717, 1.165) is 4.47 Å². The van der Waals surface area contributed by atoms with E-state index in [2.05, 4.69) is 53.3 Å². The van der Waals surface area contributed by atoms with Gasteiger partial charge >= 0.3 is 5.97 Å². The van der Waals surface area contributed by atoms with Crippen LogP contribution in [0, 0.1) is 11.8 Å². The molecule has 1 aromatic carbocycles. The third kappa shape index (κ3) is 6.43. The van der Waals surface area contributed by atoms with Gasteiger partial charge in [-0.1, -0.05) is 43.6 Å². The van der Waals surface area contributed by atoms with Gasteiger partial charge in [0.25, 0.3) is 10.0 Å². The van der Waals surface area contributed by atoms with Crippen molar-refractivity contribution in [1.29, 1.82) is 0 Å². The molecule has 0 unspecified atom stereocenters. The second-order valence-electron chi connectivity index (χ2n) is 7.65. The Morgan fingerprint density at radius 1 is 1.14 bits per heavy atom. The summed E-state index contributed by atoms with van der Waals surface area (Å²) in [4.78, 5) is 17.8. The van der Waals surface area contributed by atoms with Gasteiger partial charge in [0.15, 0.2) is 5.82 Å². The summed E-state index contributed by atoms with van der Waals surface area (Å²) in [5, 5.41) is 9.34. The molecule has 2 N–H and O–H groups in total. The number of hydrogen-bond acceptors (Lipinski definition) is 5. The third-order valence-corrected chi connectivity index (χ3v) is 5.86. The van der Waals surface area contributed by atoms with Crippen LogP contribution in [-0.4, -0.2) is 37.6 Å². The fraction of sp³-hybridized carbons (Fsp3) is 0.400. The Morgan fingerprint density at radius 2 is 1.69 bits per heavy atom. The number of benzene rings is 1. The second-order valence-corrected chi connectivity index (χ2v) is 10.3. The molecule has 0 aliphatic carbocycles. The molecule has 7 nitrogen and oxygen atoms in total. The molecule has 2 rings (SSSR count). The predicted octanol–water partition coefficient (Wildman–Crippen LogP) is 4.46. The average molecular weight is 484 g/mol. The Labute approximate surface area is 180 Å². The highest BCUT2D eigenvalue weighted by Crippen LogP contribution is 2.29. The summed E-state index contributed by atoms with van der Waals surface area (Å²) in [7, 11) is -3.92. The zero-order valence-electron chi connectivity index (χ0n) is 16.9. The van der Waals surface area contributed by atoms with Gasteiger partial charge in [-0.2, -0.15) is 0 Å². The Kier molecular flexibility index (Phi) is 7.65. The number of aromatic nitrogens is 1. The van der Waals surface area contributed by atoms with Crippen molar-refractivity contribution < 1.29 is 18.3 Å².